The number of hydrogen-bond acceptors (Lipinski definition) is 4. The minimum atomic E-state index is -1.09. The SMILES string of the molecule is CC(OC(=O)c1ccccc1I)C(=O)NC(=O)NCc1ccccc1. The van der Waals surface area contributed by atoms with E-state index in [1.54, 1.807) is 24.3 Å². The lowest BCUT2D eigenvalue weighted by Crippen LogP contribution is -2.44. The van der Waals surface area contributed by atoms with Gasteiger partial charge in [0.05, 0.1) is 5.56 Å². The first-order valence-corrected chi connectivity index (χ1v) is 8.63. The van der Waals surface area contributed by atoms with Crippen LogP contribution >= 0.6 is 22.6 Å². The van der Waals surface area contributed by atoms with Crippen LogP contribution in [0.2, 0.25) is 0 Å². The van der Waals surface area contributed by atoms with E-state index < -0.39 is 24.0 Å². The van der Waals surface area contributed by atoms with E-state index in [9.17, 15) is 14.4 Å². The third-order valence-electron chi connectivity index (χ3n) is 3.28. The highest BCUT2D eigenvalue weighted by Gasteiger charge is 2.21. The second-order valence-corrected chi connectivity index (χ2v) is 6.35. The molecule has 6 nitrogen and oxygen atoms in total. The Morgan fingerprint density at radius 1 is 1.04 bits per heavy atom. The van der Waals surface area contributed by atoms with Crippen LogP contribution in [0.3, 0.4) is 0 Å². The van der Waals surface area contributed by atoms with Crippen LogP contribution < -0.4 is 10.6 Å². The van der Waals surface area contributed by atoms with Crippen molar-refractivity contribution >= 4 is 40.5 Å². The predicted molar refractivity (Wildman–Crippen MR) is 101 cm³/mol. The molecule has 0 radical (unpaired) electrons. The molecule has 0 saturated carbocycles. The number of esters is 1. The van der Waals surface area contributed by atoms with Gasteiger partial charge in [-0.3, -0.25) is 10.1 Å². The third kappa shape index (κ3) is 5.86. The average Bonchev–Trinajstić information content (AvgIpc) is 2.61. The minimum absolute atomic E-state index is 0.288. The monoisotopic (exact) mass is 452 g/mol. The molecule has 7 heteroatoms. The van der Waals surface area contributed by atoms with Gasteiger partial charge >= 0.3 is 12.0 Å². The van der Waals surface area contributed by atoms with Gasteiger partial charge in [-0.2, -0.15) is 0 Å². The number of urea groups is 1. The van der Waals surface area contributed by atoms with E-state index in [-0.39, 0.29) is 6.54 Å². The summed E-state index contributed by atoms with van der Waals surface area (Å²) in [7, 11) is 0. The van der Waals surface area contributed by atoms with Crippen molar-refractivity contribution in [3.05, 3.63) is 69.3 Å². The highest BCUT2D eigenvalue weighted by Crippen LogP contribution is 2.13. The summed E-state index contributed by atoms with van der Waals surface area (Å²) in [5.74, 6) is -1.30. The van der Waals surface area contributed by atoms with Gasteiger partial charge in [0.1, 0.15) is 0 Å². The normalized spacial score (nSPS) is 11.3. The third-order valence-corrected chi connectivity index (χ3v) is 4.22. The first kappa shape index (κ1) is 18.9. The van der Waals surface area contributed by atoms with Gasteiger partial charge in [-0.25, -0.2) is 9.59 Å². The summed E-state index contributed by atoms with van der Waals surface area (Å²) in [5, 5.41) is 4.72. The number of ether oxygens (including phenoxy) is 1. The Labute approximate surface area is 159 Å². The van der Waals surface area contributed by atoms with Crippen molar-refractivity contribution < 1.29 is 19.1 Å². The van der Waals surface area contributed by atoms with Gasteiger partial charge in [-0.1, -0.05) is 42.5 Å². The molecule has 0 aliphatic heterocycles. The molecule has 0 aliphatic rings. The van der Waals surface area contributed by atoms with Crippen LogP contribution in [0.25, 0.3) is 0 Å². The predicted octanol–water partition coefficient (Wildman–Crippen LogP) is 2.86. The average molecular weight is 452 g/mol. The highest BCUT2D eigenvalue weighted by atomic mass is 127. The lowest BCUT2D eigenvalue weighted by atomic mass is 10.2. The Hall–Kier alpha value is -2.42. The summed E-state index contributed by atoms with van der Waals surface area (Å²) in [6.45, 7) is 1.70. The smallest absolute Gasteiger partial charge is 0.339 e. The molecule has 0 saturated heterocycles. The van der Waals surface area contributed by atoms with Crippen LogP contribution in [-0.2, 0) is 16.1 Å². The van der Waals surface area contributed by atoms with Crippen LogP contribution in [0, 0.1) is 3.57 Å². The number of imide groups is 1. The Kier molecular flexibility index (Phi) is 6.93. The number of benzene rings is 2. The van der Waals surface area contributed by atoms with E-state index in [4.69, 9.17) is 4.74 Å². The van der Waals surface area contributed by atoms with Crippen molar-refractivity contribution in [2.45, 2.75) is 19.6 Å². The van der Waals surface area contributed by atoms with Gasteiger partial charge in [0.15, 0.2) is 6.10 Å². The molecule has 2 rings (SSSR count). The Morgan fingerprint density at radius 3 is 2.36 bits per heavy atom. The Balaban J connectivity index is 1.82. The first-order valence-electron chi connectivity index (χ1n) is 7.55. The quantitative estimate of drug-likeness (QED) is 0.540. The molecule has 0 aromatic heterocycles. The van der Waals surface area contributed by atoms with Gasteiger partial charge in [-0.05, 0) is 47.2 Å². The zero-order valence-electron chi connectivity index (χ0n) is 13.5. The van der Waals surface area contributed by atoms with Crippen molar-refractivity contribution in [1.29, 1.82) is 0 Å². The Morgan fingerprint density at radius 2 is 1.68 bits per heavy atom. The summed E-state index contributed by atoms with van der Waals surface area (Å²) >= 11 is 2.01. The second kappa shape index (κ2) is 9.16. The van der Waals surface area contributed by atoms with Crippen molar-refractivity contribution in [1.82, 2.24) is 10.6 Å². The van der Waals surface area contributed by atoms with Crippen LogP contribution in [-0.4, -0.2) is 24.0 Å². The molecule has 1 atom stereocenters. The number of nitrogens with one attached hydrogen (secondary N) is 2. The van der Waals surface area contributed by atoms with Gasteiger partial charge in [0, 0.05) is 10.1 Å². The largest absolute Gasteiger partial charge is 0.449 e. The minimum Gasteiger partial charge on any atom is -0.449 e. The van der Waals surface area contributed by atoms with Gasteiger partial charge in [-0.15, -0.1) is 0 Å². The van der Waals surface area contributed by atoms with E-state index in [0.717, 1.165) is 9.13 Å². The molecule has 25 heavy (non-hydrogen) atoms. The number of carbonyl (C=O) groups is 3. The van der Waals surface area contributed by atoms with Crippen LogP contribution in [0.15, 0.2) is 54.6 Å². The highest BCUT2D eigenvalue weighted by molar-refractivity contribution is 14.1. The van der Waals surface area contributed by atoms with E-state index in [1.165, 1.54) is 6.92 Å². The molecule has 2 aromatic carbocycles. The first-order chi connectivity index (χ1) is 12.0. The fraction of sp³-hybridized carbons (Fsp3) is 0.167. The number of amides is 3. The molecule has 0 bridgehead atoms. The summed E-state index contributed by atoms with van der Waals surface area (Å²) in [4.78, 5) is 35.8. The van der Waals surface area contributed by atoms with Gasteiger partial charge in [0.25, 0.3) is 5.91 Å². The molecule has 2 N–H and O–H groups in total. The maximum absolute atomic E-state index is 12.1. The summed E-state index contributed by atoms with van der Waals surface area (Å²) in [6, 6.07) is 15.5. The molecule has 3 amide bonds. The molecule has 0 aliphatic carbocycles. The topological polar surface area (TPSA) is 84.5 Å². The van der Waals surface area contributed by atoms with Crippen LogP contribution in [0.1, 0.15) is 22.8 Å². The molecule has 130 valence electrons. The van der Waals surface area contributed by atoms with Crippen LogP contribution in [0.4, 0.5) is 4.79 Å². The summed E-state index contributed by atoms with van der Waals surface area (Å²) in [6.07, 6.45) is -1.09. The van der Waals surface area contributed by atoms with Crippen molar-refractivity contribution in [2.24, 2.45) is 0 Å². The van der Waals surface area contributed by atoms with E-state index in [2.05, 4.69) is 10.6 Å². The molecular formula is C18H17IN2O4. The van der Waals surface area contributed by atoms with Crippen molar-refractivity contribution in [2.75, 3.05) is 0 Å². The lowest BCUT2D eigenvalue weighted by Gasteiger charge is -2.14. The van der Waals surface area contributed by atoms with Gasteiger partial charge < -0.3 is 10.1 Å². The molecular weight excluding hydrogens is 435 g/mol. The maximum Gasteiger partial charge on any atom is 0.339 e. The number of hydrogen-bond donors (Lipinski definition) is 2. The molecule has 2 aromatic rings. The Bertz CT molecular complexity index is 765. The zero-order valence-corrected chi connectivity index (χ0v) is 15.6. The molecule has 0 spiro atoms. The van der Waals surface area contributed by atoms with Crippen LogP contribution in [0.5, 0.6) is 0 Å². The maximum atomic E-state index is 12.1. The standard InChI is InChI=1S/C18H17IN2O4/c1-12(25-17(23)14-9-5-6-10-15(14)19)16(22)21-18(24)20-11-13-7-3-2-4-8-13/h2-10,12H,11H2,1H3,(H2,20,21,22,24). The summed E-state index contributed by atoms with van der Waals surface area (Å²) in [5.41, 5.74) is 1.28. The number of rotatable bonds is 5. The van der Waals surface area contributed by atoms with Crippen molar-refractivity contribution in [3.63, 3.8) is 0 Å². The summed E-state index contributed by atoms with van der Waals surface area (Å²) < 4.78 is 5.83. The zero-order chi connectivity index (χ0) is 18.2. The van der Waals surface area contributed by atoms with Crippen molar-refractivity contribution in [3.8, 4) is 0 Å². The molecule has 1 unspecified atom stereocenters. The van der Waals surface area contributed by atoms with E-state index in [0.29, 0.717) is 5.56 Å². The van der Waals surface area contributed by atoms with E-state index >= 15 is 0 Å². The second-order valence-electron chi connectivity index (χ2n) is 5.18. The number of carbonyl (C=O) groups excluding carboxylic acids is 3. The molecule has 0 heterocycles. The number of halogens is 1. The van der Waals surface area contributed by atoms with Gasteiger partial charge in [0.2, 0.25) is 0 Å². The van der Waals surface area contributed by atoms with E-state index in [1.807, 2.05) is 52.9 Å². The lowest BCUT2D eigenvalue weighted by molar-refractivity contribution is -0.127. The fourth-order valence-corrected chi connectivity index (χ4v) is 2.55. The molecule has 0 fully saturated rings. The fourth-order valence-electron chi connectivity index (χ4n) is 1.94.